The number of nitrogens with one attached hydrogen (secondary N) is 1. The van der Waals surface area contributed by atoms with Gasteiger partial charge in [-0.1, -0.05) is 72.8 Å². The third kappa shape index (κ3) is 3.76. The Morgan fingerprint density at radius 2 is 1.61 bits per heavy atom. The lowest BCUT2D eigenvalue weighted by atomic mass is 10.0. The summed E-state index contributed by atoms with van der Waals surface area (Å²) in [5, 5.41) is 15.0. The van der Waals surface area contributed by atoms with Crippen LogP contribution in [0.1, 0.15) is 11.1 Å². The molecular weight excluding hydrogens is 286 g/mol. The largest absolute Gasteiger partial charge is 0.480 e. The standard InChI is InChI=1S/C20H19NO2/c22-20(23)19(13-15-7-2-1-3-8-15)21-14-17-11-6-10-16-9-4-5-12-18(16)17/h1-12,19,21H,13-14H2,(H,22,23)/t19-/m0/s1. The monoisotopic (exact) mass is 305 g/mol. The van der Waals surface area contributed by atoms with Crippen LogP contribution in [-0.4, -0.2) is 17.1 Å². The van der Waals surface area contributed by atoms with Gasteiger partial charge in [-0.25, -0.2) is 0 Å². The van der Waals surface area contributed by atoms with Gasteiger partial charge in [-0.15, -0.1) is 0 Å². The van der Waals surface area contributed by atoms with Gasteiger partial charge in [0.1, 0.15) is 6.04 Å². The second-order valence-corrected chi connectivity index (χ2v) is 5.60. The Kier molecular flexibility index (Phi) is 4.69. The molecule has 0 aliphatic heterocycles. The summed E-state index contributed by atoms with van der Waals surface area (Å²) in [6, 6.07) is 23.4. The molecule has 1 atom stereocenters. The minimum Gasteiger partial charge on any atom is -0.480 e. The van der Waals surface area contributed by atoms with Gasteiger partial charge >= 0.3 is 5.97 Å². The highest BCUT2D eigenvalue weighted by Gasteiger charge is 2.17. The fraction of sp³-hybridized carbons (Fsp3) is 0.150. The summed E-state index contributed by atoms with van der Waals surface area (Å²) in [6.07, 6.45) is 0.473. The van der Waals surface area contributed by atoms with E-state index in [1.54, 1.807) is 0 Å². The van der Waals surface area contributed by atoms with Crippen LogP contribution in [0.3, 0.4) is 0 Å². The Hall–Kier alpha value is -2.65. The molecule has 23 heavy (non-hydrogen) atoms. The van der Waals surface area contributed by atoms with Crippen LogP contribution in [0.4, 0.5) is 0 Å². The van der Waals surface area contributed by atoms with Crippen molar-refractivity contribution in [3.63, 3.8) is 0 Å². The molecule has 0 aliphatic rings. The van der Waals surface area contributed by atoms with E-state index in [0.717, 1.165) is 16.5 Å². The van der Waals surface area contributed by atoms with Crippen LogP contribution in [0, 0.1) is 0 Å². The van der Waals surface area contributed by atoms with Crippen molar-refractivity contribution >= 4 is 16.7 Å². The summed E-state index contributed by atoms with van der Waals surface area (Å²) in [4.78, 5) is 11.5. The molecule has 3 heteroatoms. The zero-order valence-electron chi connectivity index (χ0n) is 12.8. The predicted octanol–water partition coefficient (Wildman–Crippen LogP) is 3.63. The van der Waals surface area contributed by atoms with Gasteiger partial charge in [0, 0.05) is 6.54 Å². The number of hydrogen-bond acceptors (Lipinski definition) is 2. The van der Waals surface area contributed by atoms with Crippen LogP contribution in [0.25, 0.3) is 10.8 Å². The number of aliphatic carboxylic acids is 1. The highest BCUT2D eigenvalue weighted by atomic mass is 16.4. The molecule has 2 N–H and O–H groups in total. The molecule has 0 fully saturated rings. The average Bonchev–Trinajstić information content (AvgIpc) is 2.59. The highest BCUT2D eigenvalue weighted by Crippen LogP contribution is 2.18. The Bertz CT molecular complexity index is 794. The van der Waals surface area contributed by atoms with E-state index in [2.05, 4.69) is 23.5 Å². The first-order chi connectivity index (χ1) is 11.2. The SMILES string of the molecule is O=C(O)[C@H](Cc1ccccc1)NCc1cccc2ccccc12. The molecular formula is C20H19NO2. The van der Waals surface area contributed by atoms with E-state index in [9.17, 15) is 9.90 Å². The lowest BCUT2D eigenvalue weighted by Crippen LogP contribution is -2.38. The summed E-state index contributed by atoms with van der Waals surface area (Å²) in [5.74, 6) is -0.825. The number of rotatable bonds is 6. The van der Waals surface area contributed by atoms with Gasteiger partial charge in [0.2, 0.25) is 0 Å². The molecule has 0 bridgehead atoms. The molecule has 0 saturated carbocycles. The first-order valence-corrected chi connectivity index (χ1v) is 7.71. The fourth-order valence-electron chi connectivity index (χ4n) is 2.78. The van der Waals surface area contributed by atoms with Crippen molar-refractivity contribution in [1.29, 1.82) is 0 Å². The highest BCUT2D eigenvalue weighted by molar-refractivity contribution is 5.85. The van der Waals surface area contributed by atoms with Crippen LogP contribution in [0.5, 0.6) is 0 Å². The van der Waals surface area contributed by atoms with Gasteiger partial charge in [0.05, 0.1) is 0 Å². The lowest BCUT2D eigenvalue weighted by Gasteiger charge is -2.15. The van der Waals surface area contributed by atoms with E-state index >= 15 is 0 Å². The van der Waals surface area contributed by atoms with Gasteiger partial charge < -0.3 is 5.11 Å². The number of carboxylic acid groups (broad SMARTS) is 1. The van der Waals surface area contributed by atoms with Gasteiger partial charge in [-0.2, -0.15) is 0 Å². The summed E-state index contributed by atoms with van der Waals surface area (Å²) < 4.78 is 0. The van der Waals surface area contributed by atoms with Crippen LogP contribution < -0.4 is 5.32 Å². The predicted molar refractivity (Wildman–Crippen MR) is 92.4 cm³/mol. The molecule has 0 heterocycles. The first kappa shape index (κ1) is 15.3. The molecule has 3 nitrogen and oxygen atoms in total. The van der Waals surface area contributed by atoms with Crippen molar-refractivity contribution in [2.24, 2.45) is 0 Å². The number of hydrogen-bond donors (Lipinski definition) is 2. The number of carboxylic acids is 1. The quantitative estimate of drug-likeness (QED) is 0.731. The maximum absolute atomic E-state index is 11.5. The van der Waals surface area contributed by atoms with Crippen molar-refractivity contribution in [2.45, 2.75) is 19.0 Å². The van der Waals surface area contributed by atoms with Crippen molar-refractivity contribution < 1.29 is 9.90 Å². The van der Waals surface area contributed by atoms with Crippen molar-refractivity contribution in [3.8, 4) is 0 Å². The molecule has 0 aromatic heterocycles. The van der Waals surface area contributed by atoms with E-state index in [1.807, 2.05) is 54.6 Å². The Balaban J connectivity index is 1.75. The second kappa shape index (κ2) is 7.07. The van der Waals surface area contributed by atoms with Crippen molar-refractivity contribution in [3.05, 3.63) is 83.9 Å². The smallest absolute Gasteiger partial charge is 0.321 e. The minimum absolute atomic E-state index is 0.473. The first-order valence-electron chi connectivity index (χ1n) is 7.71. The van der Waals surface area contributed by atoms with Crippen LogP contribution >= 0.6 is 0 Å². The Labute approximate surface area is 135 Å². The maximum Gasteiger partial charge on any atom is 0.321 e. The van der Waals surface area contributed by atoms with Gasteiger partial charge in [-0.05, 0) is 28.3 Å². The molecule has 0 amide bonds. The number of carbonyl (C=O) groups is 1. The molecule has 0 saturated heterocycles. The average molecular weight is 305 g/mol. The van der Waals surface area contributed by atoms with E-state index in [1.165, 1.54) is 5.39 Å². The van der Waals surface area contributed by atoms with Crippen LogP contribution in [0.2, 0.25) is 0 Å². The second-order valence-electron chi connectivity index (χ2n) is 5.60. The Morgan fingerprint density at radius 1 is 0.913 bits per heavy atom. The maximum atomic E-state index is 11.5. The molecule has 3 aromatic rings. The van der Waals surface area contributed by atoms with E-state index in [-0.39, 0.29) is 0 Å². The zero-order chi connectivity index (χ0) is 16.1. The molecule has 0 spiro atoms. The summed E-state index contributed by atoms with van der Waals surface area (Å²) in [5.41, 5.74) is 2.13. The summed E-state index contributed by atoms with van der Waals surface area (Å²) >= 11 is 0. The summed E-state index contributed by atoms with van der Waals surface area (Å²) in [6.45, 7) is 0.533. The molecule has 3 rings (SSSR count). The molecule has 0 radical (unpaired) electrons. The number of fused-ring (bicyclic) bond motifs is 1. The van der Waals surface area contributed by atoms with Crippen molar-refractivity contribution in [2.75, 3.05) is 0 Å². The fourth-order valence-corrected chi connectivity index (χ4v) is 2.78. The zero-order valence-corrected chi connectivity index (χ0v) is 12.8. The third-order valence-corrected chi connectivity index (χ3v) is 4.00. The van der Waals surface area contributed by atoms with Gasteiger partial charge in [-0.3, -0.25) is 10.1 Å². The number of benzene rings is 3. The van der Waals surface area contributed by atoms with E-state index in [0.29, 0.717) is 13.0 Å². The van der Waals surface area contributed by atoms with E-state index < -0.39 is 12.0 Å². The topological polar surface area (TPSA) is 49.3 Å². The molecule has 0 unspecified atom stereocenters. The van der Waals surface area contributed by atoms with Crippen LogP contribution in [0.15, 0.2) is 72.8 Å². The molecule has 3 aromatic carbocycles. The van der Waals surface area contributed by atoms with Gasteiger partial charge in [0.15, 0.2) is 0 Å². The van der Waals surface area contributed by atoms with Crippen molar-refractivity contribution in [1.82, 2.24) is 5.32 Å². The van der Waals surface area contributed by atoms with Crippen LogP contribution in [-0.2, 0) is 17.8 Å². The third-order valence-electron chi connectivity index (χ3n) is 4.00. The van der Waals surface area contributed by atoms with E-state index in [4.69, 9.17) is 0 Å². The molecule has 0 aliphatic carbocycles. The summed E-state index contributed by atoms with van der Waals surface area (Å²) in [7, 11) is 0. The van der Waals surface area contributed by atoms with Gasteiger partial charge in [0.25, 0.3) is 0 Å². The lowest BCUT2D eigenvalue weighted by molar-refractivity contribution is -0.139. The molecule has 116 valence electrons. The Morgan fingerprint density at radius 3 is 2.39 bits per heavy atom. The normalized spacial score (nSPS) is 12.2. The minimum atomic E-state index is -0.825.